The van der Waals surface area contributed by atoms with Crippen LogP contribution in [0.5, 0.6) is 0 Å². The fourth-order valence-corrected chi connectivity index (χ4v) is 2.57. The fourth-order valence-electron chi connectivity index (χ4n) is 2.57. The Hall–Kier alpha value is -2.24. The van der Waals surface area contributed by atoms with Crippen molar-refractivity contribution in [2.75, 3.05) is 37.0 Å². The molecule has 0 atom stereocenters. The highest BCUT2D eigenvalue weighted by Gasteiger charge is 2.16. The second-order valence-corrected chi connectivity index (χ2v) is 5.64. The van der Waals surface area contributed by atoms with Gasteiger partial charge in [0.1, 0.15) is 0 Å². The highest BCUT2D eigenvalue weighted by atomic mass is 16.6. The predicted octanol–water partition coefficient (Wildman–Crippen LogP) is 3.69. The van der Waals surface area contributed by atoms with Gasteiger partial charge in [-0.2, -0.15) is 0 Å². The van der Waals surface area contributed by atoms with E-state index in [0.29, 0.717) is 6.61 Å². The number of benzene rings is 1. The van der Waals surface area contributed by atoms with Crippen LogP contribution in [0.1, 0.15) is 32.6 Å². The van der Waals surface area contributed by atoms with Crippen molar-refractivity contribution in [2.24, 2.45) is 0 Å². The Morgan fingerprint density at radius 1 is 1.13 bits per heavy atom. The van der Waals surface area contributed by atoms with Gasteiger partial charge in [0.15, 0.2) is 0 Å². The Morgan fingerprint density at radius 3 is 2.30 bits per heavy atom. The molecule has 1 heterocycles. The van der Waals surface area contributed by atoms with Crippen molar-refractivity contribution in [3.8, 4) is 0 Å². The maximum Gasteiger partial charge on any atom is 0.413 e. The van der Waals surface area contributed by atoms with E-state index in [4.69, 9.17) is 4.74 Å². The lowest BCUT2D eigenvalue weighted by Gasteiger charge is -2.21. The molecule has 1 N–H and O–H groups in total. The highest BCUT2D eigenvalue weighted by Crippen LogP contribution is 2.18. The van der Waals surface area contributed by atoms with E-state index < -0.39 is 6.09 Å². The molecule has 0 spiro atoms. The zero-order valence-electron chi connectivity index (χ0n) is 13.9. The predicted molar refractivity (Wildman–Crippen MR) is 90.9 cm³/mol. The molecule has 0 unspecified atom stereocenters. The van der Waals surface area contributed by atoms with E-state index in [9.17, 15) is 9.59 Å². The number of likely N-dealkylation sites (tertiary alicyclic amines) is 1. The molecule has 2 rings (SSSR count). The molecule has 0 saturated carbocycles. The van der Waals surface area contributed by atoms with Crippen LogP contribution in [-0.2, 0) is 4.74 Å². The first-order chi connectivity index (χ1) is 11.1. The number of hydrogen-bond acceptors (Lipinski definition) is 3. The summed E-state index contributed by atoms with van der Waals surface area (Å²) in [6, 6.07) is 7.10. The van der Waals surface area contributed by atoms with Gasteiger partial charge in [0.05, 0.1) is 6.61 Å². The van der Waals surface area contributed by atoms with Crippen molar-refractivity contribution < 1.29 is 14.3 Å². The average molecular weight is 319 g/mol. The van der Waals surface area contributed by atoms with Crippen LogP contribution >= 0.6 is 0 Å². The fraction of sp³-hybridized carbons (Fsp3) is 0.529. The Bertz CT molecular complexity index is 522. The van der Waals surface area contributed by atoms with E-state index in [0.717, 1.165) is 37.3 Å². The molecular weight excluding hydrogens is 294 g/mol. The van der Waals surface area contributed by atoms with Gasteiger partial charge in [-0.15, -0.1) is 0 Å². The first-order valence-corrected chi connectivity index (χ1v) is 8.18. The van der Waals surface area contributed by atoms with Crippen LogP contribution in [-0.4, -0.2) is 43.8 Å². The topological polar surface area (TPSA) is 61.9 Å². The summed E-state index contributed by atoms with van der Waals surface area (Å²) in [4.78, 5) is 27.2. The minimum atomic E-state index is -0.395. The van der Waals surface area contributed by atoms with E-state index in [1.165, 1.54) is 17.7 Å². The van der Waals surface area contributed by atoms with Crippen molar-refractivity contribution in [3.05, 3.63) is 24.3 Å². The number of carbonyl (C=O) groups excluding carboxylic acids is 2. The van der Waals surface area contributed by atoms with Gasteiger partial charge in [0, 0.05) is 31.5 Å². The Balaban J connectivity index is 1.93. The molecule has 1 aliphatic rings. The zero-order chi connectivity index (χ0) is 16.7. The van der Waals surface area contributed by atoms with Gasteiger partial charge in [-0.05, 0) is 44.0 Å². The summed E-state index contributed by atoms with van der Waals surface area (Å²) in [5, 5.41) is 2.91. The van der Waals surface area contributed by atoms with Crippen LogP contribution in [0.25, 0.3) is 0 Å². The molecule has 126 valence electrons. The first-order valence-electron chi connectivity index (χ1n) is 8.18. The summed E-state index contributed by atoms with van der Waals surface area (Å²) >= 11 is 0. The molecule has 0 radical (unpaired) electrons. The summed E-state index contributed by atoms with van der Waals surface area (Å²) in [5.41, 5.74) is 1.44. The third kappa shape index (κ3) is 4.87. The van der Waals surface area contributed by atoms with Crippen molar-refractivity contribution in [1.29, 1.82) is 0 Å². The van der Waals surface area contributed by atoms with Crippen molar-refractivity contribution in [2.45, 2.75) is 32.6 Å². The first kappa shape index (κ1) is 17.1. The van der Waals surface area contributed by atoms with Gasteiger partial charge in [0.25, 0.3) is 0 Å². The van der Waals surface area contributed by atoms with E-state index in [-0.39, 0.29) is 6.03 Å². The third-order valence-electron chi connectivity index (χ3n) is 3.94. The average Bonchev–Trinajstić information content (AvgIpc) is 2.84. The molecule has 6 heteroatoms. The molecule has 1 aromatic rings. The normalized spacial score (nSPS) is 14.8. The molecule has 3 amide bonds. The van der Waals surface area contributed by atoms with Gasteiger partial charge in [-0.25, -0.2) is 9.59 Å². The van der Waals surface area contributed by atoms with Crippen molar-refractivity contribution in [3.63, 3.8) is 0 Å². The molecule has 1 aromatic carbocycles. The van der Waals surface area contributed by atoms with Crippen LogP contribution in [0.4, 0.5) is 21.0 Å². The number of amides is 3. The Morgan fingerprint density at radius 2 is 1.74 bits per heavy atom. The standard InChI is InChI=1S/C17H25N3O3/c1-3-23-17(22)19(2)15-10-8-14(9-11-15)18-16(21)20-12-6-4-5-7-13-20/h8-11H,3-7,12-13H2,1-2H3,(H,18,21). The molecule has 0 aliphatic carbocycles. The van der Waals surface area contributed by atoms with Gasteiger partial charge in [-0.3, -0.25) is 4.90 Å². The maximum atomic E-state index is 12.3. The Kier molecular flexibility index (Phi) is 6.26. The minimum Gasteiger partial charge on any atom is -0.449 e. The quantitative estimate of drug-likeness (QED) is 0.924. The number of nitrogens with zero attached hydrogens (tertiary/aromatic N) is 2. The minimum absolute atomic E-state index is 0.0570. The van der Waals surface area contributed by atoms with Gasteiger partial charge in [-0.1, -0.05) is 12.8 Å². The number of carbonyl (C=O) groups is 2. The summed E-state index contributed by atoms with van der Waals surface area (Å²) < 4.78 is 4.95. The molecule has 0 aromatic heterocycles. The number of anilines is 2. The molecule has 1 saturated heterocycles. The second-order valence-electron chi connectivity index (χ2n) is 5.64. The summed E-state index contributed by atoms with van der Waals surface area (Å²) in [6.07, 6.45) is 4.12. The van der Waals surface area contributed by atoms with E-state index in [1.54, 1.807) is 38.2 Å². The summed E-state index contributed by atoms with van der Waals surface area (Å²) in [6.45, 7) is 3.74. The van der Waals surface area contributed by atoms with E-state index >= 15 is 0 Å². The van der Waals surface area contributed by atoms with Crippen LogP contribution in [0.15, 0.2) is 24.3 Å². The van der Waals surface area contributed by atoms with Crippen LogP contribution in [0.2, 0.25) is 0 Å². The summed E-state index contributed by atoms with van der Waals surface area (Å²) in [5.74, 6) is 0. The molecule has 0 bridgehead atoms. The third-order valence-corrected chi connectivity index (χ3v) is 3.94. The Labute approximate surface area is 137 Å². The molecule has 23 heavy (non-hydrogen) atoms. The van der Waals surface area contributed by atoms with Gasteiger partial charge < -0.3 is 15.0 Å². The summed E-state index contributed by atoms with van der Waals surface area (Å²) in [7, 11) is 1.66. The number of ether oxygens (including phenoxy) is 1. The molecule has 1 fully saturated rings. The number of nitrogens with one attached hydrogen (secondary N) is 1. The highest BCUT2D eigenvalue weighted by molar-refractivity contribution is 5.91. The van der Waals surface area contributed by atoms with Gasteiger partial charge >= 0.3 is 12.1 Å². The lowest BCUT2D eigenvalue weighted by Crippen LogP contribution is -2.35. The largest absolute Gasteiger partial charge is 0.449 e. The maximum absolute atomic E-state index is 12.3. The van der Waals surface area contributed by atoms with Crippen LogP contribution in [0, 0.1) is 0 Å². The van der Waals surface area contributed by atoms with Gasteiger partial charge in [0.2, 0.25) is 0 Å². The SMILES string of the molecule is CCOC(=O)N(C)c1ccc(NC(=O)N2CCCCCC2)cc1. The van der Waals surface area contributed by atoms with Crippen LogP contribution < -0.4 is 10.2 Å². The lowest BCUT2D eigenvalue weighted by molar-refractivity contribution is 0.161. The molecular formula is C17H25N3O3. The number of rotatable bonds is 3. The number of urea groups is 1. The lowest BCUT2D eigenvalue weighted by atomic mass is 10.2. The van der Waals surface area contributed by atoms with Crippen LogP contribution in [0.3, 0.4) is 0 Å². The van der Waals surface area contributed by atoms with Crippen molar-refractivity contribution in [1.82, 2.24) is 4.90 Å². The zero-order valence-corrected chi connectivity index (χ0v) is 13.9. The van der Waals surface area contributed by atoms with E-state index in [1.807, 2.05) is 4.90 Å². The second kappa shape index (κ2) is 8.41. The number of hydrogen-bond donors (Lipinski definition) is 1. The molecule has 1 aliphatic heterocycles. The monoisotopic (exact) mass is 319 g/mol. The van der Waals surface area contributed by atoms with E-state index in [2.05, 4.69) is 5.32 Å². The van der Waals surface area contributed by atoms with Crippen molar-refractivity contribution >= 4 is 23.5 Å². The smallest absolute Gasteiger partial charge is 0.413 e. The molecule has 6 nitrogen and oxygen atoms in total.